The zero-order valence-electron chi connectivity index (χ0n) is 7.69. The summed E-state index contributed by atoms with van der Waals surface area (Å²) >= 11 is 1.65. The van der Waals surface area contributed by atoms with E-state index in [0.29, 0.717) is 0 Å². The summed E-state index contributed by atoms with van der Waals surface area (Å²) in [6.45, 7) is 2.11. The second-order valence-electron chi connectivity index (χ2n) is 2.86. The molecule has 0 aliphatic carbocycles. The molecule has 0 bridgehead atoms. The molecule has 2 heterocycles. The number of hydrogen-bond donors (Lipinski definition) is 0. The van der Waals surface area contributed by atoms with Gasteiger partial charge in [-0.1, -0.05) is 6.92 Å². The molecule has 0 fully saturated rings. The van der Waals surface area contributed by atoms with Gasteiger partial charge in [0, 0.05) is 24.8 Å². The predicted molar refractivity (Wildman–Crippen MR) is 53.7 cm³/mol. The van der Waals surface area contributed by atoms with Crippen molar-refractivity contribution in [3.8, 4) is 10.8 Å². The van der Waals surface area contributed by atoms with Gasteiger partial charge in [0.15, 0.2) is 10.8 Å². The summed E-state index contributed by atoms with van der Waals surface area (Å²) in [5.74, 6) is 0.949. The third kappa shape index (κ3) is 1.49. The molecule has 0 aliphatic rings. The van der Waals surface area contributed by atoms with E-state index in [2.05, 4.69) is 22.3 Å². The van der Waals surface area contributed by atoms with E-state index in [1.54, 1.807) is 17.5 Å². The van der Waals surface area contributed by atoms with Crippen LogP contribution >= 0.6 is 11.3 Å². The van der Waals surface area contributed by atoms with Gasteiger partial charge in [-0.3, -0.25) is 0 Å². The van der Waals surface area contributed by atoms with Crippen LogP contribution in [0.15, 0.2) is 17.8 Å². The Morgan fingerprint density at radius 2 is 2.38 bits per heavy atom. The molecule has 0 aromatic carbocycles. The normalized spacial score (nSPS) is 10.6. The minimum absolute atomic E-state index is 0.949. The number of rotatable bonds is 2. The van der Waals surface area contributed by atoms with E-state index >= 15 is 0 Å². The predicted octanol–water partition coefficient (Wildman–Crippen LogP) is 2.11. The summed E-state index contributed by atoms with van der Waals surface area (Å²) in [4.78, 5) is 8.71. The Kier molecular flexibility index (Phi) is 2.14. The molecule has 0 saturated carbocycles. The van der Waals surface area contributed by atoms with Crippen LogP contribution in [0.3, 0.4) is 0 Å². The van der Waals surface area contributed by atoms with Crippen molar-refractivity contribution in [1.82, 2.24) is 14.5 Å². The molecule has 3 nitrogen and oxygen atoms in total. The maximum absolute atomic E-state index is 4.47. The monoisotopic (exact) mass is 193 g/mol. The van der Waals surface area contributed by atoms with Gasteiger partial charge in [-0.15, -0.1) is 11.3 Å². The van der Waals surface area contributed by atoms with E-state index in [4.69, 9.17) is 0 Å². The highest BCUT2D eigenvalue weighted by atomic mass is 32.1. The van der Waals surface area contributed by atoms with Gasteiger partial charge in [-0.25, -0.2) is 9.97 Å². The molecule has 0 radical (unpaired) electrons. The molecule has 0 atom stereocenters. The van der Waals surface area contributed by atoms with Gasteiger partial charge < -0.3 is 4.57 Å². The first-order chi connectivity index (χ1) is 6.31. The summed E-state index contributed by atoms with van der Waals surface area (Å²) in [6, 6.07) is 0. The lowest BCUT2D eigenvalue weighted by molar-refractivity contribution is 0.919. The molecule has 0 N–H and O–H groups in total. The number of imidazole rings is 1. The van der Waals surface area contributed by atoms with E-state index in [0.717, 1.165) is 22.9 Å². The highest BCUT2D eigenvalue weighted by Gasteiger charge is 2.07. The molecule has 0 unspecified atom stereocenters. The highest BCUT2D eigenvalue weighted by Crippen LogP contribution is 2.21. The van der Waals surface area contributed by atoms with Crippen LogP contribution in [0.5, 0.6) is 0 Å². The highest BCUT2D eigenvalue weighted by molar-refractivity contribution is 7.13. The van der Waals surface area contributed by atoms with Crippen molar-refractivity contribution in [3.05, 3.63) is 23.5 Å². The second-order valence-corrected chi connectivity index (χ2v) is 3.72. The average Bonchev–Trinajstić information content (AvgIpc) is 2.71. The van der Waals surface area contributed by atoms with E-state index in [1.807, 2.05) is 17.8 Å². The van der Waals surface area contributed by atoms with Crippen molar-refractivity contribution < 1.29 is 0 Å². The SMILES string of the molecule is CCc1csc(-c2nccn2C)n1. The third-order valence-electron chi connectivity index (χ3n) is 1.93. The van der Waals surface area contributed by atoms with Gasteiger partial charge in [-0.2, -0.15) is 0 Å². The zero-order valence-corrected chi connectivity index (χ0v) is 8.51. The van der Waals surface area contributed by atoms with Crippen molar-refractivity contribution in [3.63, 3.8) is 0 Å². The molecule has 0 saturated heterocycles. The number of nitrogens with zero attached hydrogens (tertiary/aromatic N) is 3. The number of aromatic nitrogens is 3. The summed E-state index contributed by atoms with van der Waals surface area (Å²) in [5.41, 5.74) is 1.14. The Labute approximate surface area is 81.1 Å². The Hall–Kier alpha value is -1.16. The Morgan fingerprint density at radius 3 is 2.92 bits per heavy atom. The smallest absolute Gasteiger partial charge is 0.168 e. The quantitative estimate of drug-likeness (QED) is 0.731. The van der Waals surface area contributed by atoms with E-state index in [9.17, 15) is 0 Å². The van der Waals surface area contributed by atoms with Gasteiger partial charge in [0.2, 0.25) is 0 Å². The van der Waals surface area contributed by atoms with Gasteiger partial charge in [0.1, 0.15) is 0 Å². The lowest BCUT2D eigenvalue weighted by atomic mass is 10.4. The van der Waals surface area contributed by atoms with Gasteiger partial charge in [-0.05, 0) is 6.42 Å². The Bertz CT molecular complexity index is 402. The first-order valence-electron chi connectivity index (χ1n) is 4.23. The first-order valence-corrected chi connectivity index (χ1v) is 5.11. The second kappa shape index (κ2) is 3.30. The van der Waals surface area contributed by atoms with Crippen LogP contribution in [-0.2, 0) is 13.5 Å². The summed E-state index contributed by atoms with van der Waals surface area (Å²) in [5, 5.41) is 3.09. The van der Waals surface area contributed by atoms with Crippen LogP contribution in [0, 0.1) is 0 Å². The molecule has 68 valence electrons. The third-order valence-corrected chi connectivity index (χ3v) is 2.81. The van der Waals surface area contributed by atoms with Gasteiger partial charge >= 0.3 is 0 Å². The Balaban J connectivity index is 2.41. The number of thiazole rings is 1. The van der Waals surface area contributed by atoms with Crippen LogP contribution in [0.4, 0.5) is 0 Å². The minimum atomic E-state index is 0.949. The lowest BCUT2D eigenvalue weighted by Crippen LogP contribution is -1.90. The van der Waals surface area contributed by atoms with Crippen molar-refractivity contribution in [2.45, 2.75) is 13.3 Å². The number of aryl methyl sites for hydroxylation is 2. The summed E-state index contributed by atoms with van der Waals surface area (Å²) < 4.78 is 1.98. The van der Waals surface area contributed by atoms with Crippen molar-refractivity contribution in [1.29, 1.82) is 0 Å². The summed E-state index contributed by atoms with van der Waals surface area (Å²) in [6.07, 6.45) is 4.71. The molecule has 13 heavy (non-hydrogen) atoms. The fourth-order valence-electron chi connectivity index (χ4n) is 1.14. The summed E-state index contributed by atoms with van der Waals surface area (Å²) in [7, 11) is 1.98. The Morgan fingerprint density at radius 1 is 1.54 bits per heavy atom. The number of hydrogen-bond acceptors (Lipinski definition) is 3. The maximum atomic E-state index is 4.47. The van der Waals surface area contributed by atoms with Crippen LogP contribution in [0.1, 0.15) is 12.6 Å². The molecular formula is C9H11N3S. The fourth-order valence-corrected chi connectivity index (χ4v) is 2.08. The van der Waals surface area contributed by atoms with Crippen LogP contribution in [0.2, 0.25) is 0 Å². The standard InChI is InChI=1S/C9H11N3S/c1-3-7-6-13-9(11-7)8-10-4-5-12(8)2/h4-6H,3H2,1-2H3. The molecule has 0 aliphatic heterocycles. The molecule has 2 aromatic rings. The first kappa shape index (κ1) is 8.44. The van der Waals surface area contributed by atoms with E-state index < -0.39 is 0 Å². The van der Waals surface area contributed by atoms with Crippen molar-refractivity contribution >= 4 is 11.3 Å². The van der Waals surface area contributed by atoms with Crippen LogP contribution in [-0.4, -0.2) is 14.5 Å². The van der Waals surface area contributed by atoms with Crippen molar-refractivity contribution in [2.75, 3.05) is 0 Å². The van der Waals surface area contributed by atoms with Crippen LogP contribution in [0.25, 0.3) is 10.8 Å². The largest absolute Gasteiger partial charge is 0.332 e. The zero-order chi connectivity index (χ0) is 9.26. The van der Waals surface area contributed by atoms with E-state index in [-0.39, 0.29) is 0 Å². The average molecular weight is 193 g/mol. The molecule has 0 spiro atoms. The fraction of sp³-hybridized carbons (Fsp3) is 0.333. The van der Waals surface area contributed by atoms with Gasteiger partial charge in [0.05, 0.1) is 5.69 Å². The molecular weight excluding hydrogens is 182 g/mol. The minimum Gasteiger partial charge on any atom is -0.332 e. The van der Waals surface area contributed by atoms with Crippen LogP contribution < -0.4 is 0 Å². The molecule has 4 heteroatoms. The van der Waals surface area contributed by atoms with Crippen molar-refractivity contribution in [2.24, 2.45) is 7.05 Å². The topological polar surface area (TPSA) is 30.7 Å². The maximum Gasteiger partial charge on any atom is 0.168 e. The molecule has 2 aromatic heterocycles. The van der Waals surface area contributed by atoms with E-state index in [1.165, 1.54) is 0 Å². The molecule has 0 amide bonds. The lowest BCUT2D eigenvalue weighted by Gasteiger charge is -1.94. The van der Waals surface area contributed by atoms with Gasteiger partial charge in [0.25, 0.3) is 0 Å². The molecule has 2 rings (SSSR count).